The van der Waals surface area contributed by atoms with Crippen LogP contribution < -0.4 is 0 Å². The lowest BCUT2D eigenvalue weighted by molar-refractivity contribution is 0.104. The maximum atomic E-state index is 12.5. The Morgan fingerprint density at radius 3 is 2.37 bits per heavy atom. The zero-order valence-electron chi connectivity index (χ0n) is 9.78. The predicted molar refractivity (Wildman–Crippen MR) is 83.6 cm³/mol. The Morgan fingerprint density at radius 1 is 0.947 bits per heavy atom. The molecule has 94 valence electrons. The van der Waals surface area contributed by atoms with Gasteiger partial charge in [-0.15, -0.1) is 0 Å². The van der Waals surface area contributed by atoms with E-state index in [4.69, 9.17) is 0 Å². The van der Waals surface area contributed by atoms with Crippen LogP contribution in [-0.4, -0.2) is 10.8 Å². The van der Waals surface area contributed by atoms with Crippen LogP contribution in [0, 0.1) is 0 Å². The molecule has 0 aliphatic heterocycles. The fraction of sp³-hybridized carbons (Fsp3) is 0. The Balaban J connectivity index is 2.09. The Bertz CT molecular complexity index is 759. The Morgan fingerprint density at radius 2 is 1.63 bits per heavy atom. The molecular weight excluding hydrogens is 370 g/mol. The van der Waals surface area contributed by atoms with Crippen LogP contribution in [0.4, 0.5) is 0 Å². The monoisotopic (exact) mass is 377 g/mol. The summed E-state index contributed by atoms with van der Waals surface area (Å²) in [7, 11) is 0. The molecule has 0 fully saturated rings. The van der Waals surface area contributed by atoms with Gasteiger partial charge >= 0.3 is 0 Å². The molecule has 0 aliphatic rings. The van der Waals surface area contributed by atoms with Crippen molar-refractivity contribution in [3.05, 3.63) is 68.7 Å². The van der Waals surface area contributed by atoms with Crippen molar-refractivity contribution in [1.82, 2.24) is 4.98 Å². The highest BCUT2D eigenvalue weighted by molar-refractivity contribution is 9.10. The number of fused-ring (bicyclic) bond motifs is 1. The first-order valence-corrected chi connectivity index (χ1v) is 7.30. The van der Waals surface area contributed by atoms with E-state index in [2.05, 4.69) is 36.8 Å². The molecule has 3 aromatic rings. The Kier molecular flexibility index (Phi) is 3.29. The van der Waals surface area contributed by atoms with Crippen molar-refractivity contribution < 1.29 is 4.79 Å². The van der Waals surface area contributed by atoms with Crippen molar-refractivity contribution >= 4 is 48.5 Å². The fourth-order valence-electron chi connectivity index (χ4n) is 2.04. The molecule has 0 amide bonds. The van der Waals surface area contributed by atoms with Crippen molar-refractivity contribution in [2.75, 3.05) is 0 Å². The molecule has 3 rings (SSSR count). The van der Waals surface area contributed by atoms with E-state index in [0.29, 0.717) is 11.1 Å². The third-order valence-corrected chi connectivity index (χ3v) is 4.02. The number of halogens is 2. The third kappa shape index (κ3) is 2.38. The summed E-state index contributed by atoms with van der Waals surface area (Å²) in [6.07, 6.45) is 1.77. The summed E-state index contributed by atoms with van der Waals surface area (Å²) < 4.78 is 1.95. The van der Waals surface area contributed by atoms with Crippen molar-refractivity contribution in [3.8, 4) is 0 Å². The maximum absolute atomic E-state index is 12.5. The number of aromatic nitrogens is 1. The number of carbonyl (C=O) groups excluding carboxylic acids is 1. The van der Waals surface area contributed by atoms with Gasteiger partial charge < -0.3 is 4.98 Å². The van der Waals surface area contributed by atoms with Crippen LogP contribution >= 0.6 is 31.9 Å². The molecule has 2 nitrogen and oxygen atoms in total. The van der Waals surface area contributed by atoms with Gasteiger partial charge in [0.25, 0.3) is 0 Å². The molecular formula is C15H9Br2NO. The first kappa shape index (κ1) is 12.6. The molecule has 1 N–H and O–H groups in total. The highest BCUT2D eigenvalue weighted by atomic mass is 79.9. The van der Waals surface area contributed by atoms with Crippen LogP contribution in [-0.2, 0) is 0 Å². The summed E-state index contributed by atoms with van der Waals surface area (Å²) in [5, 5.41) is 0.941. The molecule has 0 aliphatic carbocycles. The van der Waals surface area contributed by atoms with E-state index in [-0.39, 0.29) is 5.78 Å². The number of ketones is 1. The second kappa shape index (κ2) is 4.94. The van der Waals surface area contributed by atoms with Gasteiger partial charge in [-0.25, -0.2) is 0 Å². The topological polar surface area (TPSA) is 32.9 Å². The largest absolute Gasteiger partial charge is 0.360 e. The molecule has 0 atom stereocenters. The molecule has 0 saturated carbocycles. The van der Waals surface area contributed by atoms with Gasteiger partial charge in [-0.3, -0.25) is 4.79 Å². The van der Waals surface area contributed by atoms with Gasteiger partial charge in [0, 0.05) is 37.2 Å². The zero-order valence-corrected chi connectivity index (χ0v) is 13.0. The number of rotatable bonds is 2. The van der Waals surface area contributed by atoms with Crippen molar-refractivity contribution in [1.29, 1.82) is 0 Å². The Hall–Kier alpha value is -1.39. The molecule has 0 spiro atoms. The maximum Gasteiger partial charge on any atom is 0.195 e. The number of hydrogen-bond acceptors (Lipinski definition) is 1. The van der Waals surface area contributed by atoms with Crippen molar-refractivity contribution in [2.45, 2.75) is 0 Å². The number of nitrogens with one attached hydrogen (secondary N) is 1. The highest BCUT2D eigenvalue weighted by Crippen LogP contribution is 2.24. The fourth-order valence-corrected chi connectivity index (χ4v) is 2.67. The summed E-state index contributed by atoms with van der Waals surface area (Å²) in [5.74, 6) is 0.0288. The third-order valence-electron chi connectivity index (χ3n) is 2.99. The summed E-state index contributed by atoms with van der Waals surface area (Å²) in [5.41, 5.74) is 2.34. The number of aromatic amines is 1. The summed E-state index contributed by atoms with van der Waals surface area (Å²) in [4.78, 5) is 15.6. The van der Waals surface area contributed by atoms with E-state index in [9.17, 15) is 4.79 Å². The van der Waals surface area contributed by atoms with Crippen LogP contribution in [0.15, 0.2) is 57.6 Å². The first-order valence-electron chi connectivity index (χ1n) is 5.72. The molecule has 0 unspecified atom stereocenters. The average Bonchev–Trinajstić information content (AvgIpc) is 2.81. The van der Waals surface area contributed by atoms with Gasteiger partial charge in [0.05, 0.1) is 0 Å². The molecule has 0 bridgehead atoms. The number of H-pyrrole nitrogens is 1. The number of hydrogen-bond donors (Lipinski definition) is 1. The van der Waals surface area contributed by atoms with Gasteiger partial charge in [0.15, 0.2) is 5.78 Å². The van der Waals surface area contributed by atoms with E-state index in [0.717, 1.165) is 19.8 Å². The van der Waals surface area contributed by atoms with Gasteiger partial charge in [0.2, 0.25) is 0 Å². The minimum absolute atomic E-state index is 0.0288. The van der Waals surface area contributed by atoms with Crippen molar-refractivity contribution in [3.63, 3.8) is 0 Å². The quantitative estimate of drug-likeness (QED) is 0.630. The van der Waals surface area contributed by atoms with Crippen LogP contribution in [0.3, 0.4) is 0 Å². The lowest BCUT2D eigenvalue weighted by Crippen LogP contribution is -1.99. The smallest absolute Gasteiger partial charge is 0.195 e. The van der Waals surface area contributed by atoms with Crippen LogP contribution in [0.5, 0.6) is 0 Å². The normalized spacial score (nSPS) is 10.8. The first-order chi connectivity index (χ1) is 9.15. The van der Waals surface area contributed by atoms with Crippen LogP contribution in [0.25, 0.3) is 10.9 Å². The number of benzene rings is 2. The molecule has 0 radical (unpaired) electrons. The second-order valence-corrected chi connectivity index (χ2v) is 6.06. The molecule has 2 aromatic carbocycles. The summed E-state index contributed by atoms with van der Waals surface area (Å²) in [6.45, 7) is 0. The highest BCUT2D eigenvalue weighted by Gasteiger charge is 2.14. The Labute approximate surface area is 127 Å². The van der Waals surface area contributed by atoms with E-state index in [1.807, 2.05) is 42.5 Å². The van der Waals surface area contributed by atoms with E-state index < -0.39 is 0 Å². The summed E-state index contributed by atoms with van der Waals surface area (Å²) >= 11 is 6.79. The average molecular weight is 379 g/mol. The minimum Gasteiger partial charge on any atom is -0.360 e. The van der Waals surface area contributed by atoms with Crippen molar-refractivity contribution in [2.24, 2.45) is 0 Å². The minimum atomic E-state index is 0.0288. The lowest BCUT2D eigenvalue weighted by Gasteiger charge is -2.00. The van der Waals surface area contributed by atoms with Crippen LogP contribution in [0.1, 0.15) is 15.9 Å². The van der Waals surface area contributed by atoms with Gasteiger partial charge in [-0.1, -0.05) is 37.9 Å². The second-order valence-electron chi connectivity index (χ2n) is 4.23. The standard InChI is InChI=1S/C15H9Br2NO/c16-10-3-1-9(2-4-10)15(19)13-8-18-14-7-11(17)5-6-12(13)14/h1-8,18H. The molecule has 1 aromatic heterocycles. The number of carbonyl (C=O) groups is 1. The predicted octanol–water partition coefficient (Wildman–Crippen LogP) is 4.92. The van der Waals surface area contributed by atoms with Gasteiger partial charge in [-0.2, -0.15) is 0 Å². The SMILES string of the molecule is O=C(c1ccc(Br)cc1)c1c[nH]c2cc(Br)ccc12. The zero-order chi connectivity index (χ0) is 13.4. The van der Waals surface area contributed by atoms with Gasteiger partial charge in [-0.05, 0) is 36.4 Å². The molecule has 0 saturated heterocycles. The molecule has 4 heteroatoms. The van der Waals surface area contributed by atoms with E-state index in [1.54, 1.807) is 6.20 Å². The molecule has 1 heterocycles. The van der Waals surface area contributed by atoms with E-state index in [1.165, 1.54) is 0 Å². The van der Waals surface area contributed by atoms with Crippen LogP contribution in [0.2, 0.25) is 0 Å². The lowest BCUT2D eigenvalue weighted by atomic mass is 10.0. The van der Waals surface area contributed by atoms with Gasteiger partial charge in [0.1, 0.15) is 0 Å². The summed E-state index contributed by atoms with van der Waals surface area (Å²) in [6, 6.07) is 13.2. The molecule has 19 heavy (non-hydrogen) atoms. The van der Waals surface area contributed by atoms with E-state index >= 15 is 0 Å².